The summed E-state index contributed by atoms with van der Waals surface area (Å²) in [7, 11) is 0. The van der Waals surface area contributed by atoms with Crippen LogP contribution in [0.1, 0.15) is 25.8 Å². The van der Waals surface area contributed by atoms with Gasteiger partial charge in [-0.1, -0.05) is 18.2 Å². The van der Waals surface area contributed by atoms with Gasteiger partial charge in [-0.15, -0.1) is 0 Å². The third kappa shape index (κ3) is 3.16. The van der Waals surface area contributed by atoms with Crippen molar-refractivity contribution in [2.75, 3.05) is 11.9 Å². The first kappa shape index (κ1) is 18.1. The number of nitrogens with one attached hydrogen (secondary N) is 2. The van der Waals surface area contributed by atoms with Crippen LogP contribution in [0.4, 0.5) is 23.7 Å². The molecule has 1 fully saturated rings. The molecule has 2 heterocycles. The summed E-state index contributed by atoms with van der Waals surface area (Å²) in [4.78, 5) is 20.6. The first-order valence-electron chi connectivity index (χ1n) is 7.14. The lowest BCUT2D eigenvalue weighted by molar-refractivity contribution is -0.192. The standard InChI is InChI=1S/C13H16N2O2.C2HF3O2/c1-12(2)13(7-8-14-12)9-5-3-4-6-10(9)15-11(16)17-13;3-2(4,5)1(6)7/h3-6,14H,7-8H2,1-2H3,(H,15,16);(H,6,7). The first-order valence-corrected chi connectivity index (χ1v) is 7.14. The van der Waals surface area contributed by atoms with E-state index in [2.05, 4.69) is 24.5 Å². The van der Waals surface area contributed by atoms with Gasteiger partial charge in [-0.3, -0.25) is 5.32 Å². The molecule has 6 nitrogen and oxygen atoms in total. The third-order valence-electron chi connectivity index (χ3n) is 4.16. The van der Waals surface area contributed by atoms with Crippen LogP contribution in [0.15, 0.2) is 24.3 Å². The van der Waals surface area contributed by atoms with Crippen LogP contribution < -0.4 is 10.6 Å². The number of carbonyl (C=O) groups is 2. The van der Waals surface area contributed by atoms with Crippen molar-refractivity contribution in [3.63, 3.8) is 0 Å². The number of hydrogen-bond donors (Lipinski definition) is 3. The average Bonchev–Trinajstić information content (AvgIpc) is 2.74. The summed E-state index contributed by atoms with van der Waals surface area (Å²) in [5.41, 5.74) is 1.13. The summed E-state index contributed by atoms with van der Waals surface area (Å²) in [5, 5.41) is 13.3. The molecule has 1 aromatic carbocycles. The van der Waals surface area contributed by atoms with Crippen molar-refractivity contribution < 1.29 is 32.6 Å². The normalized spacial score (nSPS) is 24.3. The van der Waals surface area contributed by atoms with Gasteiger partial charge >= 0.3 is 18.2 Å². The minimum Gasteiger partial charge on any atom is -0.475 e. The van der Waals surface area contributed by atoms with Crippen LogP contribution >= 0.6 is 0 Å². The van der Waals surface area contributed by atoms with Crippen molar-refractivity contribution in [1.29, 1.82) is 0 Å². The minimum atomic E-state index is -5.08. The maximum atomic E-state index is 11.7. The SMILES string of the molecule is CC1(C)NCCC12OC(=O)Nc1ccccc12.O=C(O)C(F)(F)F. The zero-order valence-corrected chi connectivity index (χ0v) is 13.0. The molecular formula is C15H17F3N2O4. The quantitative estimate of drug-likeness (QED) is 0.672. The summed E-state index contributed by atoms with van der Waals surface area (Å²) in [5.74, 6) is -2.76. The molecule has 1 amide bonds. The van der Waals surface area contributed by atoms with E-state index in [1.165, 1.54) is 0 Å². The van der Waals surface area contributed by atoms with E-state index in [4.69, 9.17) is 14.6 Å². The molecule has 132 valence electrons. The average molecular weight is 346 g/mol. The van der Waals surface area contributed by atoms with Crippen molar-refractivity contribution in [3.05, 3.63) is 29.8 Å². The Labute approximate surface area is 136 Å². The molecule has 1 saturated heterocycles. The van der Waals surface area contributed by atoms with Gasteiger partial charge in [-0.05, 0) is 19.9 Å². The number of rotatable bonds is 0. The molecule has 1 atom stereocenters. The molecule has 1 unspecified atom stereocenters. The van der Waals surface area contributed by atoms with Crippen molar-refractivity contribution >= 4 is 17.7 Å². The summed E-state index contributed by atoms with van der Waals surface area (Å²) >= 11 is 0. The van der Waals surface area contributed by atoms with Gasteiger partial charge in [0, 0.05) is 18.5 Å². The van der Waals surface area contributed by atoms with Crippen LogP contribution in [0.2, 0.25) is 0 Å². The largest absolute Gasteiger partial charge is 0.490 e. The van der Waals surface area contributed by atoms with E-state index in [1.54, 1.807) is 0 Å². The molecule has 2 aliphatic heterocycles. The first-order chi connectivity index (χ1) is 11.0. The summed E-state index contributed by atoms with van der Waals surface area (Å²) in [6.45, 7) is 5.01. The van der Waals surface area contributed by atoms with E-state index < -0.39 is 17.7 Å². The zero-order valence-electron chi connectivity index (χ0n) is 13.0. The smallest absolute Gasteiger partial charge is 0.475 e. The van der Waals surface area contributed by atoms with E-state index in [0.717, 1.165) is 24.2 Å². The molecule has 0 radical (unpaired) electrons. The fourth-order valence-corrected chi connectivity index (χ4v) is 2.95. The fraction of sp³-hybridized carbons (Fsp3) is 0.467. The molecule has 2 aliphatic rings. The molecule has 0 bridgehead atoms. The van der Waals surface area contributed by atoms with Gasteiger partial charge in [0.15, 0.2) is 5.60 Å². The minimum absolute atomic E-state index is 0.249. The van der Waals surface area contributed by atoms with E-state index in [0.29, 0.717) is 0 Å². The Morgan fingerprint density at radius 1 is 1.29 bits per heavy atom. The molecule has 0 aliphatic carbocycles. The van der Waals surface area contributed by atoms with Gasteiger partial charge in [0.05, 0.1) is 11.2 Å². The summed E-state index contributed by atoms with van der Waals surface area (Å²) in [6.07, 6.45) is -4.63. The topological polar surface area (TPSA) is 87.7 Å². The number of fused-ring (bicyclic) bond motifs is 2. The number of amides is 1. The lowest BCUT2D eigenvalue weighted by Crippen LogP contribution is -2.54. The second-order valence-corrected chi connectivity index (χ2v) is 5.99. The fourth-order valence-electron chi connectivity index (χ4n) is 2.95. The number of halogens is 3. The number of carboxylic acid groups (broad SMARTS) is 1. The molecule has 1 spiro atoms. The number of benzene rings is 1. The number of aliphatic carboxylic acids is 1. The molecule has 3 rings (SSSR count). The maximum absolute atomic E-state index is 11.7. The number of para-hydroxylation sites is 1. The van der Waals surface area contributed by atoms with Crippen LogP contribution in [0.5, 0.6) is 0 Å². The highest BCUT2D eigenvalue weighted by molar-refractivity contribution is 5.89. The van der Waals surface area contributed by atoms with Crippen LogP contribution in [-0.2, 0) is 15.1 Å². The number of carbonyl (C=O) groups excluding carboxylic acids is 1. The molecule has 24 heavy (non-hydrogen) atoms. The van der Waals surface area contributed by atoms with Gasteiger partial charge in [-0.25, -0.2) is 9.59 Å². The summed E-state index contributed by atoms with van der Waals surface area (Å²) in [6, 6.07) is 7.86. The Morgan fingerprint density at radius 3 is 2.38 bits per heavy atom. The Hall–Kier alpha value is -2.29. The van der Waals surface area contributed by atoms with Crippen LogP contribution in [0, 0.1) is 0 Å². The predicted molar refractivity (Wildman–Crippen MR) is 78.6 cm³/mol. The number of ether oxygens (including phenoxy) is 1. The van der Waals surface area contributed by atoms with Crippen molar-refractivity contribution in [1.82, 2.24) is 5.32 Å². The Bertz CT molecular complexity index is 660. The second kappa shape index (κ2) is 5.97. The number of hydrogen-bond acceptors (Lipinski definition) is 4. The van der Waals surface area contributed by atoms with Gasteiger partial charge in [0.1, 0.15) is 0 Å². The van der Waals surface area contributed by atoms with Crippen LogP contribution in [0.25, 0.3) is 0 Å². The van der Waals surface area contributed by atoms with Crippen molar-refractivity contribution in [3.8, 4) is 0 Å². The monoisotopic (exact) mass is 346 g/mol. The Kier molecular flexibility index (Phi) is 4.49. The van der Waals surface area contributed by atoms with Gasteiger partial charge in [0.2, 0.25) is 0 Å². The highest BCUT2D eigenvalue weighted by Crippen LogP contribution is 2.48. The molecule has 0 aromatic heterocycles. The lowest BCUT2D eigenvalue weighted by Gasteiger charge is -2.44. The molecule has 9 heteroatoms. The van der Waals surface area contributed by atoms with Gasteiger partial charge < -0.3 is 15.2 Å². The van der Waals surface area contributed by atoms with Crippen molar-refractivity contribution in [2.24, 2.45) is 0 Å². The number of alkyl halides is 3. The van der Waals surface area contributed by atoms with Gasteiger partial charge in [0.25, 0.3) is 0 Å². The Balaban J connectivity index is 0.000000256. The zero-order chi connectivity index (χ0) is 18.2. The number of carboxylic acids is 1. The summed E-state index contributed by atoms with van der Waals surface area (Å²) < 4.78 is 37.4. The second-order valence-electron chi connectivity index (χ2n) is 5.99. The molecule has 0 saturated carbocycles. The van der Waals surface area contributed by atoms with E-state index in [1.807, 2.05) is 24.3 Å². The third-order valence-corrected chi connectivity index (χ3v) is 4.16. The maximum Gasteiger partial charge on any atom is 0.490 e. The van der Waals surface area contributed by atoms with E-state index in [-0.39, 0.29) is 11.6 Å². The highest BCUT2D eigenvalue weighted by atomic mass is 19.4. The van der Waals surface area contributed by atoms with E-state index in [9.17, 15) is 18.0 Å². The predicted octanol–water partition coefficient (Wildman–Crippen LogP) is 2.85. The lowest BCUT2D eigenvalue weighted by atomic mass is 9.77. The molecule has 1 aromatic rings. The van der Waals surface area contributed by atoms with Crippen LogP contribution in [-0.4, -0.2) is 35.4 Å². The van der Waals surface area contributed by atoms with Gasteiger partial charge in [-0.2, -0.15) is 13.2 Å². The van der Waals surface area contributed by atoms with Crippen molar-refractivity contribution in [2.45, 2.75) is 37.6 Å². The molecular weight excluding hydrogens is 329 g/mol. The highest BCUT2D eigenvalue weighted by Gasteiger charge is 2.56. The number of anilines is 1. The Morgan fingerprint density at radius 2 is 1.88 bits per heavy atom. The van der Waals surface area contributed by atoms with E-state index >= 15 is 0 Å². The molecule has 3 N–H and O–H groups in total. The van der Waals surface area contributed by atoms with Crippen LogP contribution in [0.3, 0.4) is 0 Å².